The summed E-state index contributed by atoms with van der Waals surface area (Å²) in [6, 6.07) is 6.59. The SMILES string of the molecule is CC(Sc1nnc(C2CC2)n1C1CC1)C(=O)Nc1ccccc1[N+](=O)[O-]. The summed E-state index contributed by atoms with van der Waals surface area (Å²) in [6.07, 6.45) is 4.57. The molecule has 1 unspecified atom stereocenters. The molecule has 0 saturated heterocycles. The Labute approximate surface area is 154 Å². The molecule has 1 amide bonds. The molecule has 2 aliphatic carbocycles. The summed E-state index contributed by atoms with van der Waals surface area (Å²) in [5.74, 6) is 1.26. The summed E-state index contributed by atoms with van der Waals surface area (Å²) in [4.78, 5) is 23.1. The third-order valence-electron chi connectivity index (χ3n) is 4.56. The molecule has 1 aromatic heterocycles. The van der Waals surface area contributed by atoms with Crippen LogP contribution in [0.2, 0.25) is 0 Å². The molecule has 1 atom stereocenters. The fraction of sp³-hybridized carbons (Fsp3) is 0.471. The summed E-state index contributed by atoms with van der Waals surface area (Å²) >= 11 is 1.35. The van der Waals surface area contributed by atoms with E-state index in [4.69, 9.17) is 0 Å². The second kappa shape index (κ2) is 6.71. The Morgan fingerprint density at radius 1 is 1.31 bits per heavy atom. The first-order valence-electron chi connectivity index (χ1n) is 8.70. The van der Waals surface area contributed by atoms with E-state index in [1.54, 1.807) is 19.1 Å². The number of amides is 1. The quantitative estimate of drug-likeness (QED) is 0.452. The van der Waals surface area contributed by atoms with E-state index in [9.17, 15) is 14.9 Å². The Kier molecular flexibility index (Phi) is 4.39. The van der Waals surface area contributed by atoms with Crippen LogP contribution in [-0.4, -0.2) is 30.8 Å². The number of nitrogens with zero attached hydrogens (tertiary/aromatic N) is 4. The normalized spacial score (nSPS) is 17.7. The Morgan fingerprint density at radius 2 is 2.04 bits per heavy atom. The number of nitrogens with one attached hydrogen (secondary N) is 1. The van der Waals surface area contributed by atoms with Crippen LogP contribution in [0.3, 0.4) is 0 Å². The lowest BCUT2D eigenvalue weighted by atomic mass is 10.2. The van der Waals surface area contributed by atoms with Crippen molar-refractivity contribution in [2.75, 3.05) is 5.32 Å². The average molecular weight is 373 g/mol. The minimum absolute atomic E-state index is 0.116. The Bertz CT molecular complexity index is 860. The summed E-state index contributed by atoms with van der Waals surface area (Å²) in [5, 5.41) is 22.7. The second-order valence-corrected chi connectivity index (χ2v) is 8.05. The van der Waals surface area contributed by atoms with Crippen LogP contribution < -0.4 is 5.32 Å². The van der Waals surface area contributed by atoms with Gasteiger partial charge in [-0.15, -0.1) is 10.2 Å². The fourth-order valence-corrected chi connectivity index (χ4v) is 3.78. The van der Waals surface area contributed by atoms with Gasteiger partial charge in [-0.25, -0.2) is 0 Å². The minimum atomic E-state index is -0.501. The van der Waals surface area contributed by atoms with Gasteiger partial charge in [-0.05, 0) is 38.7 Å². The number of thioether (sulfide) groups is 1. The number of nitro benzene ring substituents is 1. The molecular weight excluding hydrogens is 354 g/mol. The van der Waals surface area contributed by atoms with E-state index in [0.29, 0.717) is 12.0 Å². The number of carbonyl (C=O) groups is 1. The zero-order valence-electron chi connectivity index (χ0n) is 14.3. The van der Waals surface area contributed by atoms with Crippen molar-refractivity contribution in [3.8, 4) is 0 Å². The van der Waals surface area contributed by atoms with Gasteiger partial charge in [0.25, 0.3) is 5.69 Å². The molecular formula is C17H19N5O3S. The van der Waals surface area contributed by atoms with Gasteiger partial charge in [0.15, 0.2) is 5.16 Å². The van der Waals surface area contributed by atoms with E-state index in [1.807, 2.05) is 0 Å². The van der Waals surface area contributed by atoms with E-state index in [2.05, 4.69) is 20.1 Å². The van der Waals surface area contributed by atoms with Crippen LogP contribution in [0, 0.1) is 10.1 Å². The number of anilines is 1. The maximum absolute atomic E-state index is 12.5. The lowest BCUT2D eigenvalue weighted by Gasteiger charge is -2.13. The number of para-hydroxylation sites is 2. The lowest BCUT2D eigenvalue weighted by molar-refractivity contribution is -0.383. The molecule has 1 heterocycles. The summed E-state index contributed by atoms with van der Waals surface area (Å²) in [5.41, 5.74) is 0.0903. The Hall–Kier alpha value is -2.42. The van der Waals surface area contributed by atoms with Gasteiger partial charge in [-0.2, -0.15) is 0 Å². The molecule has 8 nitrogen and oxygen atoms in total. The smallest absolute Gasteiger partial charge is 0.292 e. The number of aromatic nitrogens is 3. The van der Waals surface area contributed by atoms with Crippen molar-refractivity contribution in [1.29, 1.82) is 0 Å². The number of hydrogen-bond acceptors (Lipinski definition) is 6. The molecule has 26 heavy (non-hydrogen) atoms. The van der Waals surface area contributed by atoms with Crippen molar-refractivity contribution in [2.24, 2.45) is 0 Å². The van der Waals surface area contributed by atoms with Crippen molar-refractivity contribution in [3.63, 3.8) is 0 Å². The van der Waals surface area contributed by atoms with E-state index in [-0.39, 0.29) is 17.3 Å². The Balaban J connectivity index is 1.48. The topological polar surface area (TPSA) is 103 Å². The van der Waals surface area contributed by atoms with Crippen molar-refractivity contribution in [2.45, 2.75) is 55.0 Å². The molecule has 136 valence electrons. The number of carbonyl (C=O) groups excluding carboxylic acids is 1. The maximum atomic E-state index is 12.5. The van der Waals surface area contributed by atoms with Crippen LogP contribution in [0.4, 0.5) is 11.4 Å². The van der Waals surface area contributed by atoms with Crippen molar-refractivity contribution >= 4 is 29.0 Å². The molecule has 0 aliphatic heterocycles. The number of benzene rings is 1. The van der Waals surface area contributed by atoms with Gasteiger partial charge in [-0.1, -0.05) is 23.9 Å². The first-order valence-corrected chi connectivity index (χ1v) is 9.58. The van der Waals surface area contributed by atoms with Crippen molar-refractivity contribution < 1.29 is 9.72 Å². The third-order valence-corrected chi connectivity index (χ3v) is 5.61. The van der Waals surface area contributed by atoms with Gasteiger partial charge < -0.3 is 9.88 Å². The van der Waals surface area contributed by atoms with Gasteiger partial charge in [0, 0.05) is 18.0 Å². The molecule has 2 fully saturated rings. The minimum Gasteiger partial charge on any atom is -0.319 e. The van der Waals surface area contributed by atoms with Gasteiger partial charge >= 0.3 is 0 Å². The zero-order chi connectivity index (χ0) is 18.3. The van der Waals surface area contributed by atoms with Crippen LogP contribution in [0.25, 0.3) is 0 Å². The highest BCUT2D eigenvalue weighted by Crippen LogP contribution is 2.46. The largest absolute Gasteiger partial charge is 0.319 e. The van der Waals surface area contributed by atoms with Crippen LogP contribution in [0.5, 0.6) is 0 Å². The predicted molar refractivity (Wildman–Crippen MR) is 97.3 cm³/mol. The Morgan fingerprint density at radius 3 is 2.69 bits per heavy atom. The van der Waals surface area contributed by atoms with Gasteiger partial charge in [0.1, 0.15) is 11.5 Å². The van der Waals surface area contributed by atoms with Crippen molar-refractivity contribution in [1.82, 2.24) is 14.8 Å². The molecule has 4 rings (SSSR count). The van der Waals surface area contributed by atoms with Gasteiger partial charge in [0.2, 0.25) is 5.91 Å². The number of hydrogen-bond donors (Lipinski definition) is 1. The summed E-state index contributed by atoms with van der Waals surface area (Å²) < 4.78 is 2.19. The first kappa shape index (κ1) is 17.0. The molecule has 9 heteroatoms. The van der Waals surface area contributed by atoms with Crippen molar-refractivity contribution in [3.05, 3.63) is 40.2 Å². The molecule has 1 N–H and O–H groups in total. The molecule has 2 saturated carbocycles. The highest BCUT2D eigenvalue weighted by Gasteiger charge is 2.37. The highest BCUT2D eigenvalue weighted by molar-refractivity contribution is 8.00. The predicted octanol–water partition coefficient (Wildman–Crippen LogP) is 3.52. The summed E-state index contributed by atoms with van der Waals surface area (Å²) in [6.45, 7) is 1.78. The molecule has 1 aromatic carbocycles. The third kappa shape index (κ3) is 3.44. The van der Waals surface area contributed by atoms with E-state index < -0.39 is 10.2 Å². The number of rotatable bonds is 7. The van der Waals surface area contributed by atoms with E-state index in [0.717, 1.165) is 36.7 Å². The first-order chi connectivity index (χ1) is 12.5. The maximum Gasteiger partial charge on any atom is 0.292 e. The van der Waals surface area contributed by atoms with Gasteiger partial charge in [0.05, 0.1) is 10.2 Å². The zero-order valence-corrected chi connectivity index (χ0v) is 15.1. The van der Waals surface area contributed by atoms with E-state index in [1.165, 1.54) is 23.9 Å². The fourth-order valence-electron chi connectivity index (χ4n) is 2.85. The monoisotopic (exact) mass is 373 g/mol. The molecule has 0 radical (unpaired) electrons. The highest BCUT2D eigenvalue weighted by atomic mass is 32.2. The standard InChI is InChI=1S/C17H19N5O3S/c1-10(16(23)18-13-4-2-3-5-14(13)22(24)25)26-17-20-19-15(11-6-7-11)21(17)12-8-9-12/h2-5,10-12H,6-9H2,1H3,(H,18,23). The second-order valence-electron chi connectivity index (χ2n) is 6.74. The van der Waals surface area contributed by atoms with Crippen LogP contribution in [0.1, 0.15) is 50.4 Å². The van der Waals surface area contributed by atoms with Crippen LogP contribution in [-0.2, 0) is 4.79 Å². The van der Waals surface area contributed by atoms with Crippen LogP contribution >= 0.6 is 11.8 Å². The molecule has 0 spiro atoms. The number of nitro groups is 1. The molecule has 2 aromatic rings. The average Bonchev–Trinajstić information content (AvgIpc) is 3.54. The summed E-state index contributed by atoms with van der Waals surface area (Å²) in [7, 11) is 0. The van der Waals surface area contributed by atoms with Gasteiger partial charge in [-0.3, -0.25) is 14.9 Å². The molecule has 2 aliphatic rings. The lowest BCUT2D eigenvalue weighted by Crippen LogP contribution is -2.23. The van der Waals surface area contributed by atoms with E-state index >= 15 is 0 Å². The molecule has 0 bridgehead atoms. The van der Waals surface area contributed by atoms with Crippen LogP contribution in [0.15, 0.2) is 29.4 Å².